The molecule has 0 radical (unpaired) electrons. The van der Waals surface area contributed by atoms with Gasteiger partial charge in [0.15, 0.2) is 0 Å². The molecule has 2 heterocycles. The van der Waals surface area contributed by atoms with E-state index in [0.717, 1.165) is 24.2 Å². The number of aromatic hydroxyl groups is 1. The van der Waals surface area contributed by atoms with Gasteiger partial charge in [0.1, 0.15) is 11.4 Å². The number of aromatic nitrogens is 1. The second kappa shape index (κ2) is 3.41. The van der Waals surface area contributed by atoms with Crippen LogP contribution >= 0.6 is 0 Å². The molecule has 0 aliphatic carbocycles. The molecule has 1 aromatic heterocycles. The van der Waals surface area contributed by atoms with E-state index in [0.29, 0.717) is 11.3 Å². The zero-order chi connectivity index (χ0) is 12.0. The Bertz CT molecular complexity index is 577. The first-order valence-electron chi connectivity index (χ1n) is 5.45. The van der Waals surface area contributed by atoms with Gasteiger partial charge >= 0.3 is 0 Å². The van der Waals surface area contributed by atoms with Crippen LogP contribution in [0.15, 0.2) is 22.7 Å². The smallest absolute Gasteiger partial charge is 0.222 e. The lowest BCUT2D eigenvalue weighted by Crippen LogP contribution is -2.12. The summed E-state index contributed by atoms with van der Waals surface area (Å²) in [4.78, 5) is 2.12. The normalized spacial score (nSPS) is 14.1. The van der Waals surface area contributed by atoms with Gasteiger partial charge in [0, 0.05) is 36.5 Å². The third kappa shape index (κ3) is 1.43. The fraction of sp³-hybridized carbons (Fsp3) is 0.250. The van der Waals surface area contributed by atoms with Crippen molar-refractivity contribution in [2.45, 2.75) is 6.42 Å². The Morgan fingerprint density at radius 2 is 2.29 bits per heavy atom. The number of phenols is 1. The maximum absolute atomic E-state index is 10.2. The molecule has 0 atom stereocenters. The minimum atomic E-state index is 0.247. The van der Waals surface area contributed by atoms with E-state index < -0.39 is 0 Å². The highest BCUT2D eigenvalue weighted by molar-refractivity contribution is 5.76. The van der Waals surface area contributed by atoms with Gasteiger partial charge in [0.05, 0.1) is 0 Å². The molecule has 5 nitrogen and oxygen atoms in total. The number of phenolic OH excluding ortho intramolecular Hbond substituents is 1. The van der Waals surface area contributed by atoms with Gasteiger partial charge in [-0.2, -0.15) is 0 Å². The highest BCUT2D eigenvalue weighted by Crippen LogP contribution is 2.40. The molecule has 0 saturated heterocycles. The van der Waals surface area contributed by atoms with Crippen molar-refractivity contribution in [3.63, 3.8) is 0 Å². The van der Waals surface area contributed by atoms with E-state index >= 15 is 0 Å². The third-order valence-electron chi connectivity index (χ3n) is 3.17. The topological polar surface area (TPSA) is 75.5 Å². The van der Waals surface area contributed by atoms with Gasteiger partial charge in [-0.15, -0.1) is 0 Å². The predicted molar refractivity (Wildman–Crippen MR) is 65.0 cm³/mol. The average molecular weight is 231 g/mol. The van der Waals surface area contributed by atoms with E-state index in [1.807, 2.05) is 19.2 Å². The van der Waals surface area contributed by atoms with E-state index in [9.17, 15) is 5.11 Å². The molecule has 2 aromatic rings. The van der Waals surface area contributed by atoms with Crippen LogP contribution in [-0.4, -0.2) is 23.9 Å². The number of benzene rings is 1. The van der Waals surface area contributed by atoms with Crippen LogP contribution < -0.4 is 10.6 Å². The molecule has 3 N–H and O–H groups in total. The molecule has 3 rings (SSSR count). The minimum absolute atomic E-state index is 0.247. The van der Waals surface area contributed by atoms with E-state index in [2.05, 4.69) is 10.1 Å². The maximum atomic E-state index is 10.2. The number of hydrogen-bond donors (Lipinski definition) is 2. The number of anilines is 2. The fourth-order valence-corrected chi connectivity index (χ4v) is 2.25. The van der Waals surface area contributed by atoms with E-state index in [-0.39, 0.29) is 11.6 Å². The molecule has 17 heavy (non-hydrogen) atoms. The van der Waals surface area contributed by atoms with Crippen molar-refractivity contribution in [2.75, 3.05) is 24.2 Å². The van der Waals surface area contributed by atoms with E-state index in [4.69, 9.17) is 10.3 Å². The molecular weight excluding hydrogens is 218 g/mol. The van der Waals surface area contributed by atoms with Gasteiger partial charge in [0.25, 0.3) is 0 Å². The molecule has 88 valence electrons. The van der Waals surface area contributed by atoms with Crippen molar-refractivity contribution < 1.29 is 9.63 Å². The molecular formula is C12H13N3O2. The number of nitrogen functional groups attached to an aromatic ring is 1. The van der Waals surface area contributed by atoms with Gasteiger partial charge in [-0.1, -0.05) is 5.16 Å². The van der Waals surface area contributed by atoms with Crippen LogP contribution in [0.5, 0.6) is 5.75 Å². The van der Waals surface area contributed by atoms with Crippen molar-refractivity contribution in [1.29, 1.82) is 0 Å². The summed E-state index contributed by atoms with van der Waals surface area (Å²) in [6.45, 7) is 0.924. The van der Waals surface area contributed by atoms with E-state index in [1.54, 1.807) is 6.07 Å². The van der Waals surface area contributed by atoms with Crippen molar-refractivity contribution >= 4 is 11.6 Å². The molecule has 1 aliphatic rings. The minimum Gasteiger partial charge on any atom is -0.507 e. The molecule has 0 unspecified atom stereocenters. The Morgan fingerprint density at radius 1 is 1.47 bits per heavy atom. The molecule has 1 aliphatic heterocycles. The first kappa shape index (κ1) is 10.0. The lowest BCUT2D eigenvalue weighted by molar-refractivity contribution is 0.437. The van der Waals surface area contributed by atoms with E-state index in [1.165, 1.54) is 0 Å². The largest absolute Gasteiger partial charge is 0.507 e. The number of likely N-dealkylation sites (N-methyl/N-ethyl adjacent to an activating group) is 1. The van der Waals surface area contributed by atoms with Crippen LogP contribution in [0.25, 0.3) is 11.3 Å². The van der Waals surface area contributed by atoms with Crippen LogP contribution in [0.3, 0.4) is 0 Å². The number of rotatable bonds is 1. The highest BCUT2D eigenvalue weighted by Gasteiger charge is 2.22. The lowest BCUT2D eigenvalue weighted by Gasteiger charge is -2.12. The Labute approximate surface area is 98.4 Å². The molecule has 5 heteroatoms. The van der Waals surface area contributed by atoms with Gasteiger partial charge < -0.3 is 20.3 Å². The maximum Gasteiger partial charge on any atom is 0.222 e. The van der Waals surface area contributed by atoms with Gasteiger partial charge in [-0.25, -0.2) is 0 Å². The SMILES string of the molecule is CN1CCc2c1ccc(-c1cc(N)on1)c2O. The second-order valence-corrected chi connectivity index (χ2v) is 4.25. The Hall–Kier alpha value is -2.17. The van der Waals surface area contributed by atoms with Crippen LogP contribution in [0.1, 0.15) is 5.56 Å². The van der Waals surface area contributed by atoms with Crippen molar-refractivity contribution in [3.8, 4) is 17.0 Å². The Morgan fingerprint density at radius 3 is 3.00 bits per heavy atom. The van der Waals surface area contributed by atoms with Gasteiger partial charge in [0.2, 0.25) is 5.88 Å². The molecule has 1 aromatic carbocycles. The first-order valence-corrected chi connectivity index (χ1v) is 5.45. The zero-order valence-corrected chi connectivity index (χ0v) is 9.47. The summed E-state index contributed by atoms with van der Waals surface area (Å²) in [5, 5.41) is 14.1. The third-order valence-corrected chi connectivity index (χ3v) is 3.17. The summed E-state index contributed by atoms with van der Waals surface area (Å²) < 4.78 is 4.82. The fourth-order valence-electron chi connectivity index (χ4n) is 2.25. The zero-order valence-electron chi connectivity index (χ0n) is 9.47. The first-order chi connectivity index (χ1) is 8.16. The Balaban J connectivity index is 2.14. The number of nitrogens with two attached hydrogens (primary N) is 1. The van der Waals surface area contributed by atoms with Crippen LogP contribution in [-0.2, 0) is 6.42 Å². The summed E-state index contributed by atoms with van der Waals surface area (Å²) in [6.07, 6.45) is 0.846. The van der Waals surface area contributed by atoms with Crippen LogP contribution in [0, 0.1) is 0 Å². The molecule has 0 amide bonds. The van der Waals surface area contributed by atoms with Crippen molar-refractivity contribution in [2.24, 2.45) is 0 Å². The lowest BCUT2D eigenvalue weighted by atomic mass is 10.0. The summed E-state index contributed by atoms with van der Waals surface area (Å²) in [5.41, 5.74) is 8.75. The molecule has 0 bridgehead atoms. The number of hydrogen-bond acceptors (Lipinski definition) is 5. The predicted octanol–water partition coefficient (Wildman–Crippen LogP) is 1.62. The number of nitrogens with zero attached hydrogens (tertiary/aromatic N) is 2. The van der Waals surface area contributed by atoms with Gasteiger partial charge in [-0.3, -0.25) is 0 Å². The molecule has 0 saturated carbocycles. The summed E-state index contributed by atoms with van der Waals surface area (Å²) in [5.74, 6) is 0.525. The summed E-state index contributed by atoms with van der Waals surface area (Å²) in [6, 6.07) is 5.44. The Kier molecular flexibility index (Phi) is 2.01. The summed E-state index contributed by atoms with van der Waals surface area (Å²) >= 11 is 0. The standard InChI is InChI=1S/C12H13N3O2/c1-15-5-4-8-10(15)3-2-7(12(8)16)9-6-11(13)17-14-9/h2-3,6,16H,4-5,13H2,1H3. The molecule has 0 fully saturated rings. The molecule has 0 spiro atoms. The number of fused-ring (bicyclic) bond motifs is 1. The second-order valence-electron chi connectivity index (χ2n) is 4.25. The van der Waals surface area contributed by atoms with Crippen molar-refractivity contribution in [1.82, 2.24) is 5.16 Å². The van der Waals surface area contributed by atoms with Crippen molar-refractivity contribution in [3.05, 3.63) is 23.8 Å². The average Bonchev–Trinajstić information content (AvgIpc) is 2.87. The van der Waals surface area contributed by atoms with Crippen LogP contribution in [0.2, 0.25) is 0 Å². The summed E-state index contributed by atoms with van der Waals surface area (Å²) in [7, 11) is 2.01. The highest BCUT2D eigenvalue weighted by atomic mass is 16.5. The van der Waals surface area contributed by atoms with Crippen LogP contribution in [0.4, 0.5) is 11.6 Å². The monoisotopic (exact) mass is 231 g/mol. The van der Waals surface area contributed by atoms with Gasteiger partial charge in [-0.05, 0) is 18.6 Å². The quantitative estimate of drug-likeness (QED) is 0.780.